The number of aryl methyl sites for hydroxylation is 1. The van der Waals surface area contributed by atoms with Gasteiger partial charge in [0.15, 0.2) is 5.16 Å². The fraction of sp³-hybridized carbons (Fsp3) is 0.188. The molecular formula is C16H15FN2OS. The Balaban J connectivity index is 1.98. The number of benzene rings is 2. The van der Waals surface area contributed by atoms with Crippen LogP contribution in [0.5, 0.6) is 0 Å². The number of nitrogens with zero attached hydrogens (tertiary/aromatic N) is 1. The van der Waals surface area contributed by atoms with Crippen LogP contribution in [0.15, 0.2) is 46.5 Å². The normalized spacial score (nSPS) is 12.8. The molecule has 0 bridgehead atoms. The summed E-state index contributed by atoms with van der Waals surface area (Å²) >= 11 is 1.39. The van der Waals surface area contributed by atoms with Crippen molar-refractivity contribution >= 4 is 22.8 Å². The van der Waals surface area contributed by atoms with Crippen LogP contribution in [0.1, 0.15) is 24.2 Å². The van der Waals surface area contributed by atoms with E-state index < -0.39 is 6.10 Å². The van der Waals surface area contributed by atoms with Crippen LogP contribution in [0.4, 0.5) is 4.39 Å². The lowest BCUT2D eigenvalue weighted by atomic mass is 10.1. The fourth-order valence-electron chi connectivity index (χ4n) is 2.19. The summed E-state index contributed by atoms with van der Waals surface area (Å²) in [6, 6.07) is 10.4. The fourth-order valence-corrected chi connectivity index (χ4v) is 3.19. The van der Waals surface area contributed by atoms with Crippen LogP contribution in [0, 0.1) is 12.7 Å². The lowest BCUT2D eigenvalue weighted by Crippen LogP contribution is -1.95. The van der Waals surface area contributed by atoms with Crippen molar-refractivity contribution in [3.63, 3.8) is 0 Å². The van der Waals surface area contributed by atoms with E-state index in [0.717, 1.165) is 26.6 Å². The van der Waals surface area contributed by atoms with Gasteiger partial charge in [-0.1, -0.05) is 17.8 Å². The summed E-state index contributed by atoms with van der Waals surface area (Å²) < 4.78 is 13.3. The maximum absolute atomic E-state index is 13.3. The molecule has 3 rings (SSSR count). The molecule has 0 aliphatic rings. The lowest BCUT2D eigenvalue weighted by molar-refractivity contribution is 0.196. The molecule has 0 spiro atoms. The zero-order valence-corrected chi connectivity index (χ0v) is 12.5. The molecule has 0 saturated heterocycles. The number of hydrogen-bond acceptors (Lipinski definition) is 3. The molecule has 2 N–H and O–H groups in total. The predicted octanol–water partition coefficient (Wildman–Crippen LogP) is 4.21. The zero-order chi connectivity index (χ0) is 15.0. The van der Waals surface area contributed by atoms with Crippen molar-refractivity contribution < 1.29 is 9.50 Å². The molecule has 1 aromatic heterocycles. The van der Waals surface area contributed by atoms with Crippen LogP contribution >= 0.6 is 11.8 Å². The van der Waals surface area contributed by atoms with Gasteiger partial charge >= 0.3 is 0 Å². The van der Waals surface area contributed by atoms with Gasteiger partial charge in [0.05, 0.1) is 17.1 Å². The number of nitrogens with one attached hydrogen (secondary N) is 1. The monoisotopic (exact) mass is 302 g/mol. The summed E-state index contributed by atoms with van der Waals surface area (Å²) in [4.78, 5) is 8.54. The van der Waals surface area contributed by atoms with E-state index in [2.05, 4.69) is 9.97 Å². The summed E-state index contributed by atoms with van der Waals surface area (Å²) in [7, 11) is 0. The first-order valence-corrected chi connectivity index (χ1v) is 7.46. The molecular weight excluding hydrogens is 287 g/mol. The number of hydrogen-bond donors (Lipinski definition) is 2. The van der Waals surface area contributed by atoms with Crippen LogP contribution in [0.25, 0.3) is 11.0 Å². The minimum atomic E-state index is -0.727. The number of aliphatic hydroxyl groups excluding tert-OH is 1. The van der Waals surface area contributed by atoms with Crippen LogP contribution in [-0.4, -0.2) is 15.1 Å². The lowest BCUT2D eigenvalue weighted by Gasteiger charge is -2.10. The van der Waals surface area contributed by atoms with E-state index >= 15 is 0 Å². The predicted molar refractivity (Wildman–Crippen MR) is 82.0 cm³/mol. The molecule has 1 heterocycles. The van der Waals surface area contributed by atoms with E-state index in [-0.39, 0.29) is 5.82 Å². The molecule has 0 amide bonds. The van der Waals surface area contributed by atoms with E-state index in [1.165, 1.54) is 23.9 Å². The van der Waals surface area contributed by atoms with Crippen molar-refractivity contribution in [1.29, 1.82) is 0 Å². The zero-order valence-electron chi connectivity index (χ0n) is 11.7. The Hall–Kier alpha value is -1.85. The largest absolute Gasteiger partial charge is 0.389 e. The van der Waals surface area contributed by atoms with Gasteiger partial charge in [-0.3, -0.25) is 0 Å². The Morgan fingerprint density at radius 1 is 1.24 bits per heavy atom. The molecule has 0 aliphatic heterocycles. The summed E-state index contributed by atoms with van der Waals surface area (Å²) in [5, 5.41) is 10.5. The van der Waals surface area contributed by atoms with Crippen LogP contribution in [-0.2, 0) is 0 Å². The SMILES string of the molecule is Cc1ccc2nc(Sc3ccc(F)cc3[C@@H](C)O)[nH]c2c1. The van der Waals surface area contributed by atoms with Crippen molar-refractivity contribution in [3.05, 3.63) is 53.3 Å². The van der Waals surface area contributed by atoms with Crippen molar-refractivity contribution in [2.75, 3.05) is 0 Å². The van der Waals surface area contributed by atoms with E-state index in [9.17, 15) is 9.50 Å². The summed E-state index contributed by atoms with van der Waals surface area (Å²) in [5.41, 5.74) is 3.59. The highest BCUT2D eigenvalue weighted by atomic mass is 32.2. The van der Waals surface area contributed by atoms with Gasteiger partial charge in [0.25, 0.3) is 0 Å². The third-order valence-corrected chi connectivity index (χ3v) is 4.22. The molecule has 21 heavy (non-hydrogen) atoms. The van der Waals surface area contributed by atoms with E-state index in [1.54, 1.807) is 13.0 Å². The smallest absolute Gasteiger partial charge is 0.171 e. The van der Waals surface area contributed by atoms with Crippen molar-refractivity contribution in [2.45, 2.75) is 30.0 Å². The highest BCUT2D eigenvalue weighted by Gasteiger charge is 2.12. The van der Waals surface area contributed by atoms with Gasteiger partial charge < -0.3 is 10.1 Å². The Morgan fingerprint density at radius 2 is 2.05 bits per heavy atom. The van der Waals surface area contributed by atoms with Gasteiger partial charge in [0.2, 0.25) is 0 Å². The Bertz CT molecular complexity index is 798. The summed E-state index contributed by atoms with van der Waals surface area (Å²) in [6.07, 6.45) is -0.727. The third-order valence-electron chi connectivity index (χ3n) is 3.24. The molecule has 0 unspecified atom stereocenters. The topological polar surface area (TPSA) is 48.9 Å². The number of fused-ring (bicyclic) bond motifs is 1. The molecule has 5 heteroatoms. The molecule has 0 radical (unpaired) electrons. The van der Waals surface area contributed by atoms with Crippen molar-refractivity contribution in [1.82, 2.24) is 9.97 Å². The molecule has 2 aromatic carbocycles. The number of rotatable bonds is 3. The number of aliphatic hydroxyl groups is 1. The first-order valence-electron chi connectivity index (χ1n) is 6.64. The first kappa shape index (κ1) is 14.1. The Labute approximate surface area is 126 Å². The van der Waals surface area contributed by atoms with Gasteiger partial charge in [0.1, 0.15) is 5.82 Å². The standard InChI is InChI=1S/C16H15FN2OS/c1-9-3-5-13-14(7-9)19-16(18-13)21-15-6-4-11(17)8-12(15)10(2)20/h3-8,10,20H,1-2H3,(H,18,19)/t10-/m1/s1. The van der Waals surface area contributed by atoms with E-state index in [4.69, 9.17) is 0 Å². The van der Waals surface area contributed by atoms with Gasteiger partial charge in [-0.2, -0.15) is 0 Å². The van der Waals surface area contributed by atoms with Crippen LogP contribution in [0.2, 0.25) is 0 Å². The Kier molecular flexibility index (Phi) is 3.69. The molecule has 0 saturated carbocycles. The van der Waals surface area contributed by atoms with Crippen LogP contribution < -0.4 is 0 Å². The van der Waals surface area contributed by atoms with E-state index in [1.807, 2.05) is 25.1 Å². The number of imidazole rings is 1. The minimum Gasteiger partial charge on any atom is -0.389 e. The summed E-state index contributed by atoms with van der Waals surface area (Å²) in [5.74, 6) is -0.351. The maximum Gasteiger partial charge on any atom is 0.171 e. The molecule has 0 fully saturated rings. The molecule has 1 atom stereocenters. The average molecular weight is 302 g/mol. The highest BCUT2D eigenvalue weighted by molar-refractivity contribution is 7.99. The third kappa shape index (κ3) is 2.94. The molecule has 3 aromatic rings. The first-order chi connectivity index (χ1) is 10.0. The number of aromatic nitrogens is 2. The molecule has 0 aliphatic carbocycles. The van der Waals surface area contributed by atoms with Crippen LogP contribution in [0.3, 0.4) is 0 Å². The van der Waals surface area contributed by atoms with Crippen molar-refractivity contribution in [3.8, 4) is 0 Å². The van der Waals surface area contributed by atoms with Gasteiger partial charge in [-0.05, 0) is 55.3 Å². The van der Waals surface area contributed by atoms with Gasteiger partial charge in [-0.25, -0.2) is 9.37 Å². The second-order valence-corrected chi connectivity index (χ2v) is 6.05. The maximum atomic E-state index is 13.3. The number of halogens is 1. The van der Waals surface area contributed by atoms with Crippen molar-refractivity contribution in [2.24, 2.45) is 0 Å². The molecule has 3 nitrogen and oxygen atoms in total. The highest BCUT2D eigenvalue weighted by Crippen LogP contribution is 2.33. The minimum absolute atomic E-state index is 0.351. The number of aromatic amines is 1. The Morgan fingerprint density at radius 3 is 2.81 bits per heavy atom. The summed E-state index contributed by atoms with van der Waals surface area (Å²) in [6.45, 7) is 3.65. The van der Waals surface area contributed by atoms with Gasteiger partial charge in [0, 0.05) is 4.90 Å². The average Bonchev–Trinajstić information content (AvgIpc) is 2.82. The quantitative estimate of drug-likeness (QED) is 0.761. The second kappa shape index (κ2) is 5.50. The van der Waals surface area contributed by atoms with E-state index in [0.29, 0.717) is 5.56 Å². The second-order valence-electron chi connectivity index (χ2n) is 5.02. The molecule has 108 valence electrons. The number of H-pyrrole nitrogens is 1. The van der Waals surface area contributed by atoms with Gasteiger partial charge in [-0.15, -0.1) is 0 Å².